The number of benzene rings is 3. The average Bonchev–Trinajstić information content (AvgIpc) is 3.17. The van der Waals surface area contributed by atoms with Crippen LogP contribution < -0.4 is 14.9 Å². The van der Waals surface area contributed by atoms with E-state index >= 15 is 0 Å². The maximum atomic E-state index is 14.0. The van der Waals surface area contributed by atoms with Crippen molar-refractivity contribution in [3.63, 3.8) is 0 Å². The number of aliphatic hydroxyl groups is 6. The van der Waals surface area contributed by atoms with Gasteiger partial charge >= 0.3 is 5.97 Å². The minimum atomic E-state index is -2.04. The quantitative estimate of drug-likeness (QED) is 0.0680. The van der Waals surface area contributed by atoms with Crippen molar-refractivity contribution in [2.45, 2.75) is 61.4 Å². The van der Waals surface area contributed by atoms with Gasteiger partial charge in [0.25, 0.3) is 0 Å². The SMILES string of the molecule is COc1cc(C=CC(=O)OC2C(OC3C(Oc4c(-c5ccc(O)cc5)oc5cc(O)cc(O)c5c4=O)OC(CO)C(O)C3O)OC(CO)C(O)C2O)ccc1O. The van der Waals surface area contributed by atoms with Gasteiger partial charge in [-0.1, -0.05) is 6.07 Å². The zero-order valence-electron chi connectivity index (χ0n) is 29.2. The molecule has 10 N–H and O–H groups in total. The molecular formula is C37H38O19. The molecule has 0 radical (unpaired) electrons. The molecule has 19 heteroatoms. The normalized spacial score (nSPS) is 28.0. The van der Waals surface area contributed by atoms with Crippen LogP contribution in [0.4, 0.5) is 0 Å². The molecule has 2 aliphatic heterocycles. The Morgan fingerprint density at radius 2 is 1.41 bits per heavy atom. The Bertz CT molecular complexity index is 2120. The second kappa shape index (κ2) is 16.7. The molecule has 6 rings (SSSR count). The van der Waals surface area contributed by atoms with Crippen LogP contribution in [0.15, 0.2) is 69.9 Å². The number of methoxy groups -OCH3 is 1. The fourth-order valence-electron chi connectivity index (χ4n) is 6.17. The number of phenols is 4. The molecule has 0 amide bonds. The summed E-state index contributed by atoms with van der Waals surface area (Å²) in [5.74, 6) is -3.52. The van der Waals surface area contributed by atoms with Gasteiger partial charge in [-0.2, -0.15) is 0 Å². The maximum absolute atomic E-state index is 14.0. The molecule has 10 atom stereocenters. The number of phenolic OH excluding ortho intramolecular Hbond substituents is 4. The van der Waals surface area contributed by atoms with Crippen molar-refractivity contribution in [1.82, 2.24) is 0 Å². The molecule has 56 heavy (non-hydrogen) atoms. The molecule has 2 saturated heterocycles. The number of fused-ring (bicyclic) bond motifs is 1. The van der Waals surface area contributed by atoms with Crippen LogP contribution >= 0.6 is 0 Å². The third kappa shape index (κ3) is 8.07. The first-order valence-electron chi connectivity index (χ1n) is 16.9. The summed E-state index contributed by atoms with van der Waals surface area (Å²) in [4.78, 5) is 27.0. The standard InChI is InChI=1S/C37H38O19/c1-50-21-10-15(2-8-19(21)42)3-9-25(44)54-34-30(48)27(45)23(13-38)52-36(34)56-35-31(49)28(46)24(14-39)53-37(35)55-33-29(47)26-20(43)11-18(41)12-22(26)51-32(33)16-4-6-17(40)7-5-16/h2-12,23-24,27-28,30-31,34-43,45-46,48-49H,13-14H2,1H3. The smallest absolute Gasteiger partial charge is 0.331 e. The van der Waals surface area contributed by atoms with Gasteiger partial charge in [-0.25, -0.2) is 4.79 Å². The number of hydrogen-bond acceptors (Lipinski definition) is 19. The molecule has 0 aliphatic carbocycles. The first-order chi connectivity index (χ1) is 26.7. The summed E-state index contributed by atoms with van der Waals surface area (Å²) in [6.07, 6.45) is -16.4. The Labute approximate surface area is 315 Å². The topological polar surface area (TPSA) is 305 Å². The number of rotatable bonds is 11. The van der Waals surface area contributed by atoms with E-state index in [0.717, 1.165) is 18.2 Å². The number of ether oxygens (including phenoxy) is 6. The third-order valence-electron chi connectivity index (χ3n) is 9.09. The zero-order valence-corrected chi connectivity index (χ0v) is 29.2. The number of aliphatic hydroxyl groups excluding tert-OH is 6. The molecule has 0 bridgehead atoms. The lowest BCUT2D eigenvalue weighted by molar-refractivity contribution is -0.358. The van der Waals surface area contributed by atoms with E-state index in [2.05, 4.69) is 0 Å². The number of hydrogen-bond donors (Lipinski definition) is 10. The molecule has 2 fully saturated rings. The lowest BCUT2D eigenvalue weighted by Crippen LogP contribution is -2.65. The fraction of sp³-hybridized carbons (Fsp3) is 0.351. The van der Waals surface area contributed by atoms with Gasteiger partial charge in [-0.05, 0) is 48.0 Å². The molecule has 4 aromatic rings. The highest BCUT2D eigenvalue weighted by Crippen LogP contribution is 2.39. The Kier molecular flexibility index (Phi) is 12.0. The summed E-state index contributed by atoms with van der Waals surface area (Å²) in [5.41, 5.74) is -0.815. The molecule has 1 aromatic heterocycles. The van der Waals surface area contributed by atoms with E-state index in [-0.39, 0.29) is 34.2 Å². The van der Waals surface area contributed by atoms with Crippen LogP contribution in [0.3, 0.4) is 0 Å². The summed E-state index contributed by atoms with van der Waals surface area (Å²) in [6.45, 7) is -1.77. The molecule has 3 heterocycles. The van der Waals surface area contributed by atoms with Crippen LogP contribution in [0.2, 0.25) is 0 Å². The lowest BCUT2D eigenvalue weighted by Gasteiger charge is -2.46. The molecule has 2 aliphatic rings. The summed E-state index contributed by atoms with van der Waals surface area (Å²) >= 11 is 0. The summed E-state index contributed by atoms with van der Waals surface area (Å²) in [7, 11) is 1.32. The van der Waals surface area contributed by atoms with E-state index in [9.17, 15) is 60.7 Å². The van der Waals surface area contributed by atoms with Crippen LogP contribution in [-0.2, 0) is 23.7 Å². The summed E-state index contributed by atoms with van der Waals surface area (Å²) < 4.78 is 39.7. The van der Waals surface area contributed by atoms with Crippen LogP contribution in [-0.4, -0.2) is 139 Å². The fourth-order valence-corrected chi connectivity index (χ4v) is 6.17. The first-order valence-corrected chi connectivity index (χ1v) is 16.9. The summed E-state index contributed by atoms with van der Waals surface area (Å²) in [6, 6.07) is 11.3. The van der Waals surface area contributed by atoms with E-state index in [1.807, 2.05) is 0 Å². The zero-order chi connectivity index (χ0) is 40.4. The maximum Gasteiger partial charge on any atom is 0.331 e. The van der Waals surface area contributed by atoms with Crippen molar-refractivity contribution in [2.75, 3.05) is 20.3 Å². The van der Waals surface area contributed by atoms with Gasteiger partial charge in [0.1, 0.15) is 64.8 Å². The average molecular weight is 787 g/mol. The van der Waals surface area contributed by atoms with Gasteiger partial charge < -0.3 is 83.9 Å². The second-order valence-corrected chi connectivity index (χ2v) is 12.8. The Morgan fingerprint density at radius 1 is 0.768 bits per heavy atom. The molecule has 10 unspecified atom stereocenters. The van der Waals surface area contributed by atoms with Crippen LogP contribution in [0.25, 0.3) is 28.4 Å². The van der Waals surface area contributed by atoms with Crippen LogP contribution in [0.5, 0.6) is 34.5 Å². The van der Waals surface area contributed by atoms with Crippen molar-refractivity contribution >= 4 is 23.0 Å². The molecule has 19 nitrogen and oxygen atoms in total. The Balaban J connectivity index is 1.37. The monoisotopic (exact) mass is 786 g/mol. The minimum absolute atomic E-state index is 0.103. The van der Waals surface area contributed by atoms with E-state index < -0.39 is 109 Å². The highest BCUT2D eigenvalue weighted by Gasteiger charge is 2.53. The van der Waals surface area contributed by atoms with Crippen molar-refractivity contribution < 1.29 is 88.7 Å². The molecular weight excluding hydrogens is 748 g/mol. The number of esters is 1. The number of carbonyl (C=O) groups excluding carboxylic acids is 1. The second-order valence-electron chi connectivity index (χ2n) is 12.8. The minimum Gasteiger partial charge on any atom is -0.508 e. The highest BCUT2D eigenvalue weighted by atomic mass is 16.8. The molecule has 0 saturated carbocycles. The van der Waals surface area contributed by atoms with Gasteiger partial charge in [-0.3, -0.25) is 4.79 Å². The van der Waals surface area contributed by atoms with Gasteiger partial charge in [-0.15, -0.1) is 0 Å². The third-order valence-corrected chi connectivity index (χ3v) is 9.09. The lowest BCUT2D eigenvalue weighted by atomic mass is 9.97. The molecule has 0 spiro atoms. The predicted molar refractivity (Wildman–Crippen MR) is 188 cm³/mol. The Morgan fingerprint density at radius 3 is 2.05 bits per heavy atom. The van der Waals surface area contributed by atoms with E-state index in [1.54, 1.807) is 0 Å². The largest absolute Gasteiger partial charge is 0.508 e. The van der Waals surface area contributed by atoms with Crippen molar-refractivity contribution in [3.8, 4) is 45.8 Å². The van der Waals surface area contributed by atoms with Crippen molar-refractivity contribution in [2.24, 2.45) is 0 Å². The molecule has 300 valence electrons. The predicted octanol–water partition coefficient (Wildman–Crippen LogP) is -0.442. The number of carbonyl (C=O) groups is 1. The van der Waals surface area contributed by atoms with Crippen LogP contribution in [0, 0.1) is 0 Å². The summed E-state index contributed by atoms with van der Waals surface area (Å²) in [5, 5.41) is 104. The van der Waals surface area contributed by atoms with E-state index in [0.29, 0.717) is 5.56 Å². The van der Waals surface area contributed by atoms with Crippen molar-refractivity contribution in [1.29, 1.82) is 0 Å². The Hall–Kier alpha value is -5.48. The van der Waals surface area contributed by atoms with E-state index in [1.165, 1.54) is 55.7 Å². The van der Waals surface area contributed by atoms with Gasteiger partial charge in [0, 0.05) is 23.8 Å². The van der Waals surface area contributed by atoms with Gasteiger partial charge in [0.2, 0.25) is 17.5 Å². The van der Waals surface area contributed by atoms with Crippen molar-refractivity contribution in [3.05, 3.63) is 76.5 Å². The van der Waals surface area contributed by atoms with E-state index in [4.69, 9.17) is 32.8 Å². The van der Waals surface area contributed by atoms with Crippen LogP contribution in [0.1, 0.15) is 5.56 Å². The first kappa shape index (κ1) is 40.2. The molecule has 3 aromatic carbocycles. The number of aromatic hydroxyl groups is 4. The van der Waals surface area contributed by atoms with Gasteiger partial charge in [0.05, 0.1) is 20.3 Å². The van der Waals surface area contributed by atoms with Gasteiger partial charge in [0.15, 0.2) is 35.8 Å². The highest BCUT2D eigenvalue weighted by molar-refractivity contribution is 5.88.